The summed E-state index contributed by atoms with van der Waals surface area (Å²) in [4.78, 5) is 16.7. The number of amides is 1. The highest BCUT2D eigenvalue weighted by Gasteiger charge is 2.27. The van der Waals surface area contributed by atoms with E-state index in [1.54, 1.807) is 17.0 Å². The molecule has 1 aliphatic heterocycles. The monoisotopic (exact) mass is 356 g/mol. The molecule has 1 saturated heterocycles. The zero-order chi connectivity index (χ0) is 15.6. The van der Waals surface area contributed by atoms with Crippen LogP contribution in [0.25, 0.3) is 0 Å². The molecule has 0 spiro atoms. The lowest BCUT2D eigenvalue weighted by Crippen LogP contribution is -2.47. The van der Waals surface area contributed by atoms with E-state index in [1.165, 1.54) is 6.07 Å². The molecule has 1 aliphatic rings. The predicted octanol–water partition coefficient (Wildman–Crippen LogP) is 3.53. The summed E-state index contributed by atoms with van der Waals surface area (Å²) in [6.07, 6.45) is 1.93. The highest BCUT2D eigenvalue weighted by molar-refractivity contribution is 9.10. The minimum absolute atomic E-state index is 0.121. The molecule has 0 atom stereocenters. The topological polar surface area (TPSA) is 23.6 Å². The number of carbonyl (C=O) groups excluding carboxylic acids is 1. The summed E-state index contributed by atoms with van der Waals surface area (Å²) in [5.41, 5.74) is 0.392. The summed E-state index contributed by atoms with van der Waals surface area (Å²) in [7, 11) is 1.81. The average molecular weight is 357 g/mol. The fraction of sp³-hybridized carbons (Fsp3) is 0.562. The van der Waals surface area contributed by atoms with Crippen molar-refractivity contribution >= 4 is 21.8 Å². The van der Waals surface area contributed by atoms with Crippen molar-refractivity contribution in [3.05, 3.63) is 34.1 Å². The Morgan fingerprint density at radius 1 is 1.38 bits per heavy atom. The third-order valence-electron chi connectivity index (χ3n) is 4.28. The molecule has 0 radical (unpaired) electrons. The van der Waals surface area contributed by atoms with E-state index >= 15 is 0 Å². The Hall–Kier alpha value is -0.940. The molecule has 1 aromatic carbocycles. The first-order valence-corrected chi connectivity index (χ1v) is 8.16. The number of benzene rings is 1. The Labute approximate surface area is 134 Å². The van der Waals surface area contributed by atoms with Gasteiger partial charge >= 0.3 is 0 Å². The van der Waals surface area contributed by atoms with Gasteiger partial charge in [0, 0.05) is 32.2 Å². The number of rotatable bonds is 3. The average Bonchev–Trinajstić information content (AvgIpc) is 2.48. The number of nitrogens with zero attached hydrogens (tertiary/aromatic N) is 2. The van der Waals surface area contributed by atoms with Crippen LogP contribution in [0.1, 0.15) is 37.0 Å². The van der Waals surface area contributed by atoms with Gasteiger partial charge in [-0.1, -0.05) is 6.07 Å². The van der Waals surface area contributed by atoms with Crippen molar-refractivity contribution in [2.75, 3.05) is 20.1 Å². The number of carbonyl (C=O) groups is 1. The molecule has 21 heavy (non-hydrogen) atoms. The van der Waals surface area contributed by atoms with E-state index in [-0.39, 0.29) is 16.4 Å². The maximum atomic E-state index is 13.6. The fourth-order valence-corrected chi connectivity index (χ4v) is 3.25. The van der Waals surface area contributed by atoms with Gasteiger partial charge in [0.25, 0.3) is 5.91 Å². The van der Waals surface area contributed by atoms with E-state index in [0.717, 1.165) is 25.9 Å². The minimum atomic E-state index is -0.399. The van der Waals surface area contributed by atoms with Crippen molar-refractivity contribution in [1.82, 2.24) is 9.80 Å². The molecule has 1 heterocycles. The highest BCUT2D eigenvalue weighted by atomic mass is 79.9. The molecule has 5 heteroatoms. The van der Waals surface area contributed by atoms with Gasteiger partial charge in [-0.05, 0) is 54.8 Å². The van der Waals surface area contributed by atoms with Gasteiger partial charge in [-0.25, -0.2) is 4.39 Å². The maximum absolute atomic E-state index is 13.6. The first-order chi connectivity index (χ1) is 9.91. The van der Waals surface area contributed by atoms with Gasteiger partial charge in [-0.15, -0.1) is 0 Å². The quantitative estimate of drug-likeness (QED) is 0.826. The van der Waals surface area contributed by atoms with Crippen molar-refractivity contribution < 1.29 is 9.18 Å². The van der Waals surface area contributed by atoms with Crippen LogP contribution in [0.15, 0.2) is 22.7 Å². The Bertz CT molecular complexity index is 513. The Balaban J connectivity index is 2.05. The van der Waals surface area contributed by atoms with E-state index < -0.39 is 5.82 Å². The van der Waals surface area contributed by atoms with Crippen LogP contribution in [-0.4, -0.2) is 47.9 Å². The molecule has 1 fully saturated rings. The normalized spacial score (nSPS) is 17.2. The standard InChI is InChI=1S/C16H22BrFN2O/c1-11(2)20-9-7-12(8-10-20)19(3)16(21)13-5-4-6-14(18)15(13)17/h4-6,11-12H,7-10H2,1-3H3. The van der Waals surface area contributed by atoms with Crippen LogP contribution in [0.5, 0.6) is 0 Å². The summed E-state index contributed by atoms with van der Waals surface area (Å²) < 4.78 is 13.8. The minimum Gasteiger partial charge on any atom is -0.339 e. The number of likely N-dealkylation sites (tertiary alicyclic amines) is 1. The lowest BCUT2D eigenvalue weighted by molar-refractivity contribution is 0.0614. The molecule has 1 aromatic rings. The van der Waals surface area contributed by atoms with Gasteiger partial charge < -0.3 is 9.80 Å². The number of hydrogen-bond acceptors (Lipinski definition) is 2. The summed E-state index contributed by atoms with van der Waals surface area (Å²) in [6.45, 7) is 6.40. The summed E-state index contributed by atoms with van der Waals surface area (Å²) >= 11 is 3.17. The van der Waals surface area contributed by atoms with Crippen LogP contribution in [0.3, 0.4) is 0 Å². The van der Waals surface area contributed by atoms with Gasteiger partial charge in [0.15, 0.2) is 0 Å². The summed E-state index contributed by atoms with van der Waals surface area (Å²) in [6, 6.07) is 5.35. The summed E-state index contributed by atoms with van der Waals surface area (Å²) in [5, 5.41) is 0. The molecule has 0 N–H and O–H groups in total. The number of piperidine rings is 1. The van der Waals surface area contributed by atoms with Crippen molar-refractivity contribution in [2.24, 2.45) is 0 Å². The first-order valence-electron chi connectivity index (χ1n) is 7.37. The van der Waals surface area contributed by atoms with Crippen molar-refractivity contribution in [3.63, 3.8) is 0 Å². The molecule has 1 amide bonds. The van der Waals surface area contributed by atoms with Gasteiger partial charge in [0.2, 0.25) is 0 Å². The molecule has 2 rings (SSSR count). The van der Waals surface area contributed by atoms with Crippen LogP contribution >= 0.6 is 15.9 Å². The predicted molar refractivity (Wildman–Crippen MR) is 85.9 cm³/mol. The zero-order valence-corrected chi connectivity index (χ0v) is 14.4. The van der Waals surface area contributed by atoms with Crippen molar-refractivity contribution in [1.29, 1.82) is 0 Å². The van der Waals surface area contributed by atoms with Crippen LogP contribution in [0, 0.1) is 5.82 Å². The second kappa shape index (κ2) is 6.88. The van der Waals surface area contributed by atoms with E-state index in [9.17, 15) is 9.18 Å². The van der Waals surface area contributed by atoms with E-state index in [1.807, 2.05) is 7.05 Å². The Kier molecular flexibility index (Phi) is 5.38. The van der Waals surface area contributed by atoms with Gasteiger partial charge in [0.05, 0.1) is 10.0 Å². The van der Waals surface area contributed by atoms with Crippen LogP contribution < -0.4 is 0 Å². The molecular weight excluding hydrogens is 335 g/mol. The molecular formula is C16H22BrFN2O. The van der Waals surface area contributed by atoms with Crippen LogP contribution in [-0.2, 0) is 0 Å². The van der Waals surface area contributed by atoms with Gasteiger partial charge in [-0.2, -0.15) is 0 Å². The lowest BCUT2D eigenvalue weighted by atomic mass is 10.0. The Morgan fingerprint density at radius 3 is 2.57 bits per heavy atom. The van der Waals surface area contributed by atoms with Crippen LogP contribution in [0.4, 0.5) is 4.39 Å². The molecule has 0 aromatic heterocycles. The molecule has 0 aliphatic carbocycles. The molecule has 0 unspecified atom stereocenters. The largest absolute Gasteiger partial charge is 0.339 e. The molecule has 116 valence electrons. The first kappa shape index (κ1) is 16.4. The maximum Gasteiger partial charge on any atom is 0.255 e. The number of halogens is 2. The van der Waals surface area contributed by atoms with E-state index in [0.29, 0.717) is 11.6 Å². The third-order valence-corrected chi connectivity index (χ3v) is 5.09. The fourth-order valence-electron chi connectivity index (χ4n) is 2.81. The molecule has 3 nitrogen and oxygen atoms in total. The lowest BCUT2D eigenvalue weighted by Gasteiger charge is -2.38. The molecule has 0 bridgehead atoms. The number of hydrogen-bond donors (Lipinski definition) is 0. The third kappa shape index (κ3) is 3.64. The summed E-state index contributed by atoms with van der Waals surface area (Å²) in [5.74, 6) is -0.520. The van der Waals surface area contributed by atoms with Gasteiger partial charge in [-0.3, -0.25) is 4.79 Å². The van der Waals surface area contributed by atoms with Crippen molar-refractivity contribution in [3.8, 4) is 0 Å². The Morgan fingerprint density at radius 2 is 2.00 bits per heavy atom. The second-order valence-corrected chi connectivity index (χ2v) is 6.67. The molecule has 0 saturated carbocycles. The van der Waals surface area contributed by atoms with E-state index in [2.05, 4.69) is 34.7 Å². The van der Waals surface area contributed by atoms with Gasteiger partial charge in [0.1, 0.15) is 5.82 Å². The van der Waals surface area contributed by atoms with E-state index in [4.69, 9.17) is 0 Å². The second-order valence-electron chi connectivity index (χ2n) is 5.88. The highest BCUT2D eigenvalue weighted by Crippen LogP contribution is 2.24. The smallest absolute Gasteiger partial charge is 0.255 e. The zero-order valence-electron chi connectivity index (χ0n) is 12.8. The SMILES string of the molecule is CC(C)N1CCC(N(C)C(=O)c2cccc(F)c2Br)CC1. The van der Waals surface area contributed by atoms with Crippen molar-refractivity contribution in [2.45, 2.75) is 38.8 Å². The van der Waals surface area contributed by atoms with Crippen LogP contribution in [0.2, 0.25) is 0 Å².